The molecule has 0 aliphatic rings. The first-order valence-electron chi connectivity index (χ1n) is 10.7. The van der Waals surface area contributed by atoms with Gasteiger partial charge in [0.1, 0.15) is 5.75 Å². The Morgan fingerprint density at radius 1 is 1.00 bits per heavy atom. The molecular weight excluding hydrogens is 470 g/mol. The summed E-state index contributed by atoms with van der Waals surface area (Å²) in [5.74, 6) is -0.513. The Balaban J connectivity index is 1.88. The molecule has 1 N–H and O–H groups in total. The maximum atomic E-state index is 12.6. The SMILES string of the molecule is COc1cc(C=Nc2cc(C(C)C)c(O)cc2C)ccc1OC(=O)c1cc([N+](=O)[O-])cc([N+](=O)[O-])c1. The number of carbonyl (C=O) groups is 1. The highest BCUT2D eigenvalue weighted by Gasteiger charge is 2.22. The van der Waals surface area contributed by atoms with Gasteiger partial charge in [-0.2, -0.15) is 0 Å². The molecule has 0 unspecified atom stereocenters. The van der Waals surface area contributed by atoms with Gasteiger partial charge in [0.15, 0.2) is 11.5 Å². The predicted octanol–water partition coefficient (Wildman–Crippen LogP) is 5.62. The number of hydrogen-bond donors (Lipinski definition) is 1. The minimum Gasteiger partial charge on any atom is -0.508 e. The largest absolute Gasteiger partial charge is 0.508 e. The van der Waals surface area contributed by atoms with E-state index in [9.17, 15) is 30.1 Å². The summed E-state index contributed by atoms with van der Waals surface area (Å²) in [5, 5.41) is 32.3. The molecule has 0 bridgehead atoms. The second-order valence-electron chi connectivity index (χ2n) is 8.16. The number of non-ortho nitro benzene ring substituents is 2. The molecule has 3 aromatic rings. The van der Waals surface area contributed by atoms with Gasteiger partial charge in [0.25, 0.3) is 11.4 Å². The second-order valence-corrected chi connectivity index (χ2v) is 8.16. The molecule has 0 saturated heterocycles. The minimum absolute atomic E-state index is 0.0108. The molecule has 0 fully saturated rings. The van der Waals surface area contributed by atoms with E-state index in [0.29, 0.717) is 11.3 Å². The van der Waals surface area contributed by atoms with E-state index in [1.807, 2.05) is 26.8 Å². The first kappa shape index (κ1) is 25.8. The number of phenols is 1. The van der Waals surface area contributed by atoms with Crippen LogP contribution in [-0.4, -0.2) is 34.2 Å². The summed E-state index contributed by atoms with van der Waals surface area (Å²) in [7, 11) is 1.37. The summed E-state index contributed by atoms with van der Waals surface area (Å²) < 4.78 is 10.6. The number of nitro benzene ring substituents is 2. The number of phenolic OH excluding ortho intramolecular Hbond substituents is 1. The first-order chi connectivity index (χ1) is 17.0. The number of methoxy groups -OCH3 is 1. The van der Waals surface area contributed by atoms with Crippen molar-refractivity contribution in [2.75, 3.05) is 7.11 Å². The third kappa shape index (κ3) is 5.81. The number of aliphatic imine (C=N–C) groups is 1. The van der Waals surface area contributed by atoms with Crippen molar-refractivity contribution in [2.45, 2.75) is 26.7 Å². The fourth-order valence-electron chi connectivity index (χ4n) is 3.37. The average Bonchev–Trinajstić information content (AvgIpc) is 2.83. The first-order valence-corrected chi connectivity index (χ1v) is 10.7. The summed E-state index contributed by atoms with van der Waals surface area (Å²) >= 11 is 0. The quantitative estimate of drug-likeness (QED) is 0.139. The van der Waals surface area contributed by atoms with Gasteiger partial charge in [0, 0.05) is 18.3 Å². The van der Waals surface area contributed by atoms with E-state index in [0.717, 1.165) is 29.3 Å². The van der Waals surface area contributed by atoms with Gasteiger partial charge >= 0.3 is 5.97 Å². The molecule has 0 aliphatic heterocycles. The summed E-state index contributed by atoms with van der Waals surface area (Å²) in [6, 6.07) is 10.7. The third-order valence-electron chi connectivity index (χ3n) is 5.27. The van der Waals surface area contributed by atoms with E-state index in [-0.39, 0.29) is 28.7 Å². The molecule has 0 amide bonds. The number of ether oxygens (including phenoxy) is 2. The van der Waals surface area contributed by atoms with Crippen LogP contribution in [0.15, 0.2) is 53.5 Å². The summed E-state index contributed by atoms with van der Waals surface area (Å²) in [4.78, 5) is 37.6. The van der Waals surface area contributed by atoms with E-state index >= 15 is 0 Å². The molecule has 0 spiro atoms. The van der Waals surface area contributed by atoms with E-state index in [1.165, 1.54) is 13.2 Å². The molecule has 0 atom stereocenters. The van der Waals surface area contributed by atoms with Gasteiger partial charge in [-0.3, -0.25) is 25.2 Å². The zero-order chi connectivity index (χ0) is 26.6. The number of nitrogens with zero attached hydrogens (tertiary/aromatic N) is 3. The summed E-state index contributed by atoms with van der Waals surface area (Å²) in [6.45, 7) is 5.76. The van der Waals surface area contributed by atoms with Gasteiger partial charge in [-0.05, 0) is 59.9 Å². The van der Waals surface area contributed by atoms with Crippen molar-refractivity contribution in [1.29, 1.82) is 0 Å². The Morgan fingerprint density at radius 2 is 1.64 bits per heavy atom. The van der Waals surface area contributed by atoms with E-state index in [2.05, 4.69) is 4.99 Å². The van der Waals surface area contributed by atoms with Gasteiger partial charge in [0.2, 0.25) is 0 Å². The molecule has 0 saturated carbocycles. The lowest BCUT2D eigenvalue weighted by Gasteiger charge is -2.11. The zero-order valence-corrected chi connectivity index (χ0v) is 19.9. The molecule has 11 nitrogen and oxygen atoms in total. The molecule has 0 heterocycles. The van der Waals surface area contributed by atoms with Gasteiger partial charge in [-0.25, -0.2) is 4.79 Å². The topological polar surface area (TPSA) is 154 Å². The average molecular weight is 493 g/mol. The number of rotatable bonds is 8. The number of aromatic hydroxyl groups is 1. The third-order valence-corrected chi connectivity index (χ3v) is 5.27. The van der Waals surface area contributed by atoms with Gasteiger partial charge in [-0.1, -0.05) is 13.8 Å². The Hall–Kier alpha value is -4.80. The van der Waals surface area contributed by atoms with Crippen LogP contribution in [0, 0.1) is 27.2 Å². The monoisotopic (exact) mass is 493 g/mol. The number of benzene rings is 3. The van der Waals surface area contributed by atoms with Crippen molar-refractivity contribution in [3.8, 4) is 17.2 Å². The van der Waals surface area contributed by atoms with Crippen LogP contribution < -0.4 is 9.47 Å². The lowest BCUT2D eigenvalue weighted by atomic mass is 9.99. The molecule has 3 aromatic carbocycles. The normalized spacial score (nSPS) is 11.0. The minimum atomic E-state index is -1.03. The Labute approximate surface area is 205 Å². The lowest BCUT2D eigenvalue weighted by Crippen LogP contribution is -2.10. The van der Waals surface area contributed by atoms with Crippen LogP contribution in [0.3, 0.4) is 0 Å². The van der Waals surface area contributed by atoms with Gasteiger partial charge < -0.3 is 14.6 Å². The second kappa shape index (κ2) is 10.6. The summed E-state index contributed by atoms with van der Waals surface area (Å²) in [5.41, 5.74) is 1.28. The number of aryl methyl sites for hydroxylation is 1. The van der Waals surface area contributed by atoms with E-state index in [1.54, 1.807) is 24.4 Å². The molecule has 0 aromatic heterocycles. The highest BCUT2D eigenvalue weighted by molar-refractivity contribution is 5.93. The van der Waals surface area contributed by atoms with Crippen molar-refractivity contribution in [2.24, 2.45) is 4.99 Å². The number of hydrogen-bond acceptors (Lipinski definition) is 9. The maximum absolute atomic E-state index is 12.6. The van der Waals surface area contributed by atoms with Crippen molar-refractivity contribution in [3.05, 3.63) is 91.0 Å². The highest BCUT2D eigenvalue weighted by Crippen LogP contribution is 2.33. The smallest absolute Gasteiger partial charge is 0.344 e. The van der Waals surface area contributed by atoms with E-state index in [4.69, 9.17) is 9.47 Å². The Morgan fingerprint density at radius 3 is 2.19 bits per heavy atom. The maximum Gasteiger partial charge on any atom is 0.344 e. The van der Waals surface area contributed by atoms with Crippen LogP contribution in [0.1, 0.15) is 46.8 Å². The molecule has 11 heteroatoms. The van der Waals surface area contributed by atoms with Crippen molar-refractivity contribution in [3.63, 3.8) is 0 Å². The van der Waals surface area contributed by atoms with E-state index < -0.39 is 27.2 Å². The standard InChI is InChI=1S/C25H23N3O8/c1-14(2)20-12-21(15(3)7-22(20)29)26-13-16-5-6-23(24(8-16)35-4)36-25(30)17-9-18(27(31)32)11-19(10-17)28(33)34/h5-14,29H,1-4H3. The Kier molecular flexibility index (Phi) is 7.63. The lowest BCUT2D eigenvalue weighted by molar-refractivity contribution is -0.394. The van der Waals surface area contributed by atoms with Crippen molar-refractivity contribution in [1.82, 2.24) is 0 Å². The fourth-order valence-corrected chi connectivity index (χ4v) is 3.37. The zero-order valence-electron chi connectivity index (χ0n) is 19.9. The van der Waals surface area contributed by atoms with Crippen molar-refractivity contribution >= 4 is 29.2 Å². The summed E-state index contributed by atoms with van der Waals surface area (Å²) in [6.07, 6.45) is 1.58. The van der Waals surface area contributed by atoms with Crippen molar-refractivity contribution < 1.29 is 29.2 Å². The number of carbonyl (C=O) groups excluding carboxylic acids is 1. The van der Waals surface area contributed by atoms with Gasteiger partial charge in [-0.15, -0.1) is 0 Å². The molecule has 186 valence electrons. The molecule has 0 aliphatic carbocycles. The molecule has 0 radical (unpaired) electrons. The van der Waals surface area contributed by atoms with Crippen LogP contribution >= 0.6 is 0 Å². The molecular formula is C25H23N3O8. The van der Waals surface area contributed by atoms with Crippen LogP contribution in [0.2, 0.25) is 0 Å². The molecule has 3 rings (SSSR count). The van der Waals surface area contributed by atoms with Crippen LogP contribution in [0.4, 0.5) is 17.1 Å². The van der Waals surface area contributed by atoms with Gasteiger partial charge in [0.05, 0.1) is 34.3 Å². The number of nitro groups is 2. The number of esters is 1. The predicted molar refractivity (Wildman–Crippen MR) is 132 cm³/mol. The molecule has 36 heavy (non-hydrogen) atoms. The Bertz CT molecular complexity index is 1350. The highest BCUT2D eigenvalue weighted by atomic mass is 16.6. The van der Waals surface area contributed by atoms with Crippen LogP contribution in [0.25, 0.3) is 0 Å². The fraction of sp³-hybridized carbons (Fsp3) is 0.200. The van der Waals surface area contributed by atoms with Crippen LogP contribution in [0.5, 0.6) is 17.2 Å². The van der Waals surface area contributed by atoms with Crippen LogP contribution in [-0.2, 0) is 0 Å².